The van der Waals surface area contributed by atoms with Gasteiger partial charge in [0.25, 0.3) is 11.5 Å². The molecule has 2 aromatic heterocycles. The number of aryl methyl sites for hydroxylation is 1. The van der Waals surface area contributed by atoms with Crippen molar-refractivity contribution >= 4 is 40.3 Å². The molecule has 1 atom stereocenters. The van der Waals surface area contributed by atoms with E-state index in [1.54, 1.807) is 35.8 Å². The molecule has 5 aromatic rings. The van der Waals surface area contributed by atoms with Crippen LogP contribution in [0.15, 0.2) is 99.2 Å². The van der Waals surface area contributed by atoms with Crippen LogP contribution in [0.4, 0.5) is 14.5 Å². The fourth-order valence-electron chi connectivity index (χ4n) is 5.13. The van der Waals surface area contributed by atoms with E-state index in [0.717, 1.165) is 22.6 Å². The highest BCUT2D eigenvalue weighted by Crippen LogP contribution is 2.33. The van der Waals surface area contributed by atoms with Crippen LogP contribution in [-0.4, -0.2) is 17.6 Å². The lowest BCUT2D eigenvalue weighted by atomic mass is 10.0. The van der Waals surface area contributed by atoms with Crippen LogP contribution in [0.5, 0.6) is 11.5 Å². The number of aromatic nitrogens is 1. The third-order valence-corrected chi connectivity index (χ3v) is 9.26. The van der Waals surface area contributed by atoms with E-state index in [1.807, 2.05) is 48.7 Å². The summed E-state index contributed by atoms with van der Waals surface area (Å²) in [6.45, 7) is 3.65. The highest BCUT2D eigenvalue weighted by atomic mass is 32.1. The second kappa shape index (κ2) is 12.6. The molecule has 3 heterocycles. The molecule has 3 aromatic carbocycles. The van der Waals surface area contributed by atoms with E-state index in [9.17, 15) is 18.4 Å². The number of amides is 1. The molecule has 0 fully saturated rings. The summed E-state index contributed by atoms with van der Waals surface area (Å²) in [7, 11) is 1.51. The lowest BCUT2D eigenvalue weighted by molar-refractivity contribution is -0.113. The molecule has 0 radical (unpaired) electrons. The number of carbonyl (C=O) groups excluding carboxylic acids is 1. The first-order chi connectivity index (χ1) is 21.7. The van der Waals surface area contributed by atoms with Gasteiger partial charge in [-0.3, -0.25) is 14.2 Å². The number of hydrogen-bond acceptors (Lipinski definition) is 7. The van der Waals surface area contributed by atoms with Gasteiger partial charge in [-0.05, 0) is 72.8 Å². The van der Waals surface area contributed by atoms with Crippen LogP contribution in [0, 0.1) is 18.6 Å². The fraction of sp³-hybridized carbons (Fsp3) is 0.147. The van der Waals surface area contributed by atoms with Crippen molar-refractivity contribution in [2.45, 2.75) is 26.5 Å². The number of fused-ring (bicyclic) bond motifs is 1. The van der Waals surface area contributed by atoms with Crippen molar-refractivity contribution in [3.63, 3.8) is 0 Å². The third kappa shape index (κ3) is 6.09. The Morgan fingerprint density at radius 2 is 1.84 bits per heavy atom. The molecular formula is C34H27F2N3O4S2. The van der Waals surface area contributed by atoms with Gasteiger partial charge in [0.1, 0.15) is 24.2 Å². The van der Waals surface area contributed by atoms with E-state index in [4.69, 9.17) is 14.5 Å². The third-order valence-electron chi connectivity index (χ3n) is 7.35. The number of nitrogens with one attached hydrogen (secondary N) is 1. The van der Waals surface area contributed by atoms with Crippen LogP contribution in [0.25, 0.3) is 6.08 Å². The summed E-state index contributed by atoms with van der Waals surface area (Å²) in [5.41, 5.74) is 3.53. The molecule has 1 N–H and O–H groups in total. The van der Waals surface area contributed by atoms with Gasteiger partial charge >= 0.3 is 0 Å². The van der Waals surface area contributed by atoms with Crippen molar-refractivity contribution < 1.29 is 23.0 Å². The molecule has 45 heavy (non-hydrogen) atoms. The highest BCUT2D eigenvalue weighted by molar-refractivity contribution is 7.10. The van der Waals surface area contributed by atoms with E-state index in [2.05, 4.69) is 5.32 Å². The summed E-state index contributed by atoms with van der Waals surface area (Å²) < 4.78 is 40.5. The Labute approximate surface area is 265 Å². The number of para-hydroxylation sites is 1. The van der Waals surface area contributed by atoms with Gasteiger partial charge in [0.05, 0.1) is 22.9 Å². The summed E-state index contributed by atoms with van der Waals surface area (Å²) in [5.74, 6) is -1.42. The minimum atomic E-state index is -0.811. The highest BCUT2D eigenvalue weighted by Gasteiger charge is 2.33. The molecule has 0 aliphatic carbocycles. The standard InChI is InChI=1S/C34H27F2N3O4S2/c1-19-7-4-5-8-25(19)38-32(40)30-20(2)37-34-39(31(30)28-9-6-14-44-28)33(41)29(45-34)16-21-10-12-26(42-3)22(15-21)18-43-27-13-11-23(35)17-24(27)36/h4-17,31H,18H2,1-3H3,(H,38,40)/b29-16+. The van der Waals surface area contributed by atoms with E-state index >= 15 is 0 Å². The zero-order valence-corrected chi connectivity index (χ0v) is 26.1. The number of ether oxygens (including phenoxy) is 2. The molecule has 1 aliphatic heterocycles. The zero-order chi connectivity index (χ0) is 31.7. The van der Waals surface area contributed by atoms with Gasteiger partial charge < -0.3 is 14.8 Å². The Morgan fingerprint density at radius 3 is 2.58 bits per heavy atom. The van der Waals surface area contributed by atoms with Crippen LogP contribution in [0.2, 0.25) is 0 Å². The number of benzene rings is 3. The monoisotopic (exact) mass is 643 g/mol. The van der Waals surface area contributed by atoms with Crippen molar-refractivity contribution in [2.24, 2.45) is 4.99 Å². The van der Waals surface area contributed by atoms with Crippen molar-refractivity contribution in [1.29, 1.82) is 0 Å². The van der Waals surface area contributed by atoms with Gasteiger partial charge in [-0.25, -0.2) is 13.8 Å². The number of anilines is 1. The SMILES string of the molecule is COc1ccc(/C=c2/sc3n(c2=O)C(c2cccs2)C(C(=O)Nc2ccccc2C)=C(C)N=3)cc1COc1ccc(F)cc1F. The number of carbonyl (C=O) groups is 1. The molecule has 0 saturated carbocycles. The summed E-state index contributed by atoms with van der Waals surface area (Å²) in [6, 6.07) is 19.1. The smallest absolute Gasteiger partial charge is 0.271 e. The van der Waals surface area contributed by atoms with Gasteiger partial charge in [-0.15, -0.1) is 11.3 Å². The van der Waals surface area contributed by atoms with Crippen LogP contribution in [-0.2, 0) is 11.4 Å². The molecule has 228 valence electrons. The maximum atomic E-state index is 14.1. The van der Waals surface area contributed by atoms with Gasteiger partial charge in [0.2, 0.25) is 0 Å². The largest absolute Gasteiger partial charge is 0.496 e. The molecule has 1 unspecified atom stereocenters. The predicted molar refractivity (Wildman–Crippen MR) is 172 cm³/mol. The molecule has 0 bridgehead atoms. The number of thiazole rings is 1. The molecular weight excluding hydrogens is 617 g/mol. The second-order valence-electron chi connectivity index (χ2n) is 10.3. The maximum absolute atomic E-state index is 14.1. The summed E-state index contributed by atoms with van der Waals surface area (Å²) in [5, 5.41) is 4.92. The average molecular weight is 644 g/mol. The van der Waals surface area contributed by atoms with Crippen molar-refractivity contribution in [1.82, 2.24) is 4.57 Å². The van der Waals surface area contributed by atoms with Gasteiger partial charge in [-0.2, -0.15) is 0 Å². The summed E-state index contributed by atoms with van der Waals surface area (Å²) in [6.07, 6.45) is 1.74. The molecule has 6 rings (SSSR count). The molecule has 11 heteroatoms. The summed E-state index contributed by atoms with van der Waals surface area (Å²) in [4.78, 5) is 33.8. The van der Waals surface area contributed by atoms with Crippen molar-refractivity contribution in [2.75, 3.05) is 12.4 Å². The number of hydrogen-bond donors (Lipinski definition) is 1. The topological polar surface area (TPSA) is 81.9 Å². The van der Waals surface area contributed by atoms with Gasteiger partial charge in [-0.1, -0.05) is 41.7 Å². The number of allylic oxidation sites excluding steroid dienone is 1. The first-order valence-corrected chi connectivity index (χ1v) is 15.6. The molecule has 0 spiro atoms. The summed E-state index contributed by atoms with van der Waals surface area (Å²) >= 11 is 2.69. The van der Waals surface area contributed by atoms with Crippen molar-refractivity contribution in [3.05, 3.63) is 142 Å². The first kappa shape index (κ1) is 30.2. The minimum absolute atomic E-state index is 0.0500. The Hall–Kier alpha value is -4.87. The number of halogens is 2. The molecule has 7 nitrogen and oxygen atoms in total. The van der Waals surface area contributed by atoms with Crippen LogP contribution < -0.4 is 29.7 Å². The first-order valence-electron chi connectivity index (χ1n) is 13.9. The van der Waals surface area contributed by atoms with Crippen LogP contribution in [0.3, 0.4) is 0 Å². The van der Waals surface area contributed by atoms with E-state index in [1.165, 1.54) is 35.8 Å². The van der Waals surface area contributed by atoms with Gasteiger partial charge in [0, 0.05) is 22.2 Å². The van der Waals surface area contributed by atoms with E-state index < -0.39 is 17.7 Å². The molecule has 1 aliphatic rings. The van der Waals surface area contributed by atoms with E-state index in [-0.39, 0.29) is 23.8 Å². The molecule has 0 saturated heterocycles. The Balaban J connectivity index is 1.38. The average Bonchev–Trinajstić information content (AvgIpc) is 3.65. The lowest BCUT2D eigenvalue weighted by Gasteiger charge is -2.24. The van der Waals surface area contributed by atoms with Crippen LogP contribution in [0.1, 0.15) is 34.5 Å². The fourth-order valence-corrected chi connectivity index (χ4v) is 7.00. The number of nitrogens with zero attached hydrogens (tertiary/aromatic N) is 2. The predicted octanol–water partition coefficient (Wildman–Crippen LogP) is 6.11. The minimum Gasteiger partial charge on any atom is -0.496 e. The molecule has 1 amide bonds. The second-order valence-corrected chi connectivity index (χ2v) is 12.3. The Bertz CT molecular complexity index is 2140. The zero-order valence-electron chi connectivity index (χ0n) is 24.5. The number of thiophene rings is 1. The number of methoxy groups -OCH3 is 1. The Kier molecular flexibility index (Phi) is 8.46. The quantitative estimate of drug-likeness (QED) is 0.221. The maximum Gasteiger partial charge on any atom is 0.271 e. The van der Waals surface area contributed by atoms with Crippen LogP contribution >= 0.6 is 22.7 Å². The number of rotatable bonds is 8. The van der Waals surface area contributed by atoms with E-state index in [0.29, 0.717) is 43.2 Å². The van der Waals surface area contributed by atoms with Crippen molar-refractivity contribution in [3.8, 4) is 11.5 Å². The Morgan fingerprint density at radius 1 is 1.04 bits per heavy atom. The van der Waals surface area contributed by atoms with Gasteiger partial charge in [0.15, 0.2) is 16.4 Å². The lowest BCUT2D eigenvalue weighted by Crippen LogP contribution is -2.40. The normalized spacial score (nSPS) is 14.6.